The summed E-state index contributed by atoms with van der Waals surface area (Å²) in [5.74, 6) is -5.94. The molecular weight excluding hydrogens is 463 g/mol. The molecule has 2 atom stereocenters. The Morgan fingerprint density at radius 1 is 1.10 bits per heavy atom. The van der Waals surface area contributed by atoms with Crippen molar-refractivity contribution in [1.29, 1.82) is 0 Å². The molecule has 0 aromatic heterocycles. The number of nitrogens with one attached hydrogen (secondary N) is 2. The van der Waals surface area contributed by atoms with Gasteiger partial charge in [0, 0.05) is 35.7 Å². The lowest BCUT2D eigenvalue weighted by molar-refractivity contribution is 0.229. The van der Waals surface area contributed by atoms with Crippen molar-refractivity contribution in [2.24, 2.45) is 5.41 Å². The first-order valence-corrected chi connectivity index (χ1v) is 10.9. The van der Waals surface area contributed by atoms with Crippen molar-refractivity contribution in [2.75, 3.05) is 6.54 Å². The van der Waals surface area contributed by atoms with E-state index in [1.54, 1.807) is 0 Å². The Labute approximate surface area is 182 Å². The van der Waals surface area contributed by atoms with E-state index in [0.717, 1.165) is 12.1 Å². The van der Waals surface area contributed by atoms with E-state index in [1.165, 1.54) is 18.2 Å². The van der Waals surface area contributed by atoms with Gasteiger partial charge in [0.2, 0.25) is 0 Å². The SMILES string of the molecule is Cl.O=S(=O)(N[C@@H]1[C@H](Cc2cccc(-c3cc(F)cc(F)c3)c2F)NCC12CC2)C(F)F. The highest BCUT2D eigenvalue weighted by molar-refractivity contribution is 7.89. The number of halogens is 6. The average molecular weight is 483 g/mol. The Morgan fingerprint density at radius 3 is 2.32 bits per heavy atom. The molecule has 2 aliphatic rings. The number of rotatable bonds is 6. The Bertz CT molecular complexity index is 1060. The van der Waals surface area contributed by atoms with Crippen LogP contribution in [0.5, 0.6) is 0 Å². The second-order valence-electron chi connectivity index (χ2n) is 7.89. The van der Waals surface area contributed by atoms with Gasteiger partial charge in [-0.05, 0) is 42.5 Å². The van der Waals surface area contributed by atoms with Gasteiger partial charge in [0.25, 0.3) is 10.0 Å². The zero-order chi connectivity index (χ0) is 21.7. The highest BCUT2D eigenvalue weighted by atomic mass is 35.5. The van der Waals surface area contributed by atoms with Gasteiger partial charge in [-0.15, -0.1) is 12.4 Å². The van der Waals surface area contributed by atoms with Crippen LogP contribution in [0.15, 0.2) is 36.4 Å². The number of hydrogen-bond acceptors (Lipinski definition) is 3. The predicted molar refractivity (Wildman–Crippen MR) is 108 cm³/mol. The maximum absolute atomic E-state index is 15.1. The standard InChI is InChI=1S/C20H19F5N2O2S.ClH/c21-13-6-12(7-14(22)9-13)15-3-1-2-11(17(15)23)8-16-18(20(4-5-20)10-26-16)27-30(28,29)19(24)25;/h1-3,6-7,9,16,18-19,26-27H,4-5,8,10H2;1H/t16-,18+;/m0./s1. The van der Waals surface area contributed by atoms with Gasteiger partial charge < -0.3 is 5.32 Å². The lowest BCUT2D eigenvalue weighted by Crippen LogP contribution is -2.49. The number of benzene rings is 2. The van der Waals surface area contributed by atoms with Gasteiger partial charge >= 0.3 is 5.76 Å². The molecule has 4 nitrogen and oxygen atoms in total. The van der Waals surface area contributed by atoms with Crippen LogP contribution in [-0.2, 0) is 16.4 Å². The minimum absolute atomic E-state index is 0. The molecule has 4 rings (SSSR count). The van der Waals surface area contributed by atoms with E-state index in [0.29, 0.717) is 25.5 Å². The van der Waals surface area contributed by atoms with Crippen LogP contribution in [-0.4, -0.2) is 32.8 Å². The van der Waals surface area contributed by atoms with E-state index < -0.39 is 50.7 Å². The number of sulfonamides is 1. The van der Waals surface area contributed by atoms with Crippen LogP contribution in [0.25, 0.3) is 11.1 Å². The zero-order valence-electron chi connectivity index (χ0n) is 16.0. The summed E-state index contributed by atoms with van der Waals surface area (Å²) < 4.78 is 93.5. The first-order valence-electron chi connectivity index (χ1n) is 9.38. The molecule has 2 N–H and O–H groups in total. The zero-order valence-corrected chi connectivity index (χ0v) is 17.7. The molecule has 0 unspecified atom stereocenters. The summed E-state index contributed by atoms with van der Waals surface area (Å²) in [6, 6.07) is 5.69. The molecule has 1 saturated carbocycles. The maximum atomic E-state index is 15.1. The normalized spacial score (nSPS) is 22.0. The smallest absolute Gasteiger partial charge is 0.311 e. The first-order chi connectivity index (χ1) is 14.1. The lowest BCUT2D eigenvalue weighted by atomic mass is 9.91. The topological polar surface area (TPSA) is 58.2 Å². The van der Waals surface area contributed by atoms with Crippen LogP contribution in [0.3, 0.4) is 0 Å². The summed E-state index contributed by atoms with van der Waals surface area (Å²) in [7, 11) is -4.81. The molecule has 0 amide bonds. The van der Waals surface area contributed by atoms with Crippen molar-refractivity contribution in [3.05, 3.63) is 59.4 Å². The minimum atomic E-state index is -4.81. The second-order valence-corrected chi connectivity index (χ2v) is 9.57. The quantitative estimate of drug-likeness (QED) is 0.612. The van der Waals surface area contributed by atoms with E-state index in [-0.39, 0.29) is 35.5 Å². The molecule has 1 aliphatic heterocycles. The molecule has 1 heterocycles. The molecular formula is C20H20ClF5N2O2S. The van der Waals surface area contributed by atoms with Crippen LogP contribution in [0.1, 0.15) is 18.4 Å². The molecule has 0 radical (unpaired) electrons. The predicted octanol–water partition coefficient (Wildman–Crippen LogP) is 4.00. The Balaban J connectivity index is 0.00000272. The van der Waals surface area contributed by atoms with Gasteiger partial charge in [-0.2, -0.15) is 8.78 Å². The molecule has 1 spiro atoms. The van der Waals surface area contributed by atoms with E-state index >= 15 is 4.39 Å². The molecule has 31 heavy (non-hydrogen) atoms. The van der Waals surface area contributed by atoms with Crippen LogP contribution in [0.2, 0.25) is 0 Å². The molecule has 0 bridgehead atoms. The molecule has 1 saturated heterocycles. The Hall–Kier alpha value is -1.75. The molecule has 2 aromatic rings. The fourth-order valence-electron chi connectivity index (χ4n) is 4.17. The number of alkyl halides is 2. The van der Waals surface area contributed by atoms with Crippen molar-refractivity contribution in [1.82, 2.24) is 10.0 Å². The molecule has 2 aromatic carbocycles. The largest absolute Gasteiger partial charge is 0.350 e. The van der Waals surface area contributed by atoms with Gasteiger partial charge in [-0.1, -0.05) is 18.2 Å². The van der Waals surface area contributed by atoms with Crippen LogP contribution in [0.4, 0.5) is 22.0 Å². The van der Waals surface area contributed by atoms with E-state index in [2.05, 4.69) is 10.0 Å². The van der Waals surface area contributed by atoms with Crippen molar-refractivity contribution in [3.63, 3.8) is 0 Å². The van der Waals surface area contributed by atoms with Crippen molar-refractivity contribution < 1.29 is 30.4 Å². The minimum Gasteiger partial charge on any atom is -0.311 e. The molecule has 11 heteroatoms. The third kappa shape index (κ3) is 4.72. The highest BCUT2D eigenvalue weighted by Gasteiger charge is 2.57. The van der Waals surface area contributed by atoms with Crippen LogP contribution < -0.4 is 10.0 Å². The van der Waals surface area contributed by atoms with Gasteiger partial charge in [0.05, 0.1) is 0 Å². The first kappa shape index (κ1) is 23.9. The van der Waals surface area contributed by atoms with Crippen molar-refractivity contribution >= 4 is 22.4 Å². The van der Waals surface area contributed by atoms with Gasteiger partial charge in [-0.25, -0.2) is 26.3 Å². The van der Waals surface area contributed by atoms with E-state index in [1.807, 2.05) is 0 Å². The third-order valence-corrected chi connectivity index (χ3v) is 6.94. The van der Waals surface area contributed by atoms with Gasteiger partial charge in [-0.3, -0.25) is 0 Å². The second kappa shape index (κ2) is 8.65. The monoisotopic (exact) mass is 482 g/mol. The maximum Gasteiger partial charge on any atom is 0.350 e. The Kier molecular flexibility index (Phi) is 6.67. The summed E-state index contributed by atoms with van der Waals surface area (Å²) in [6.45, 7) is 0.435. The van der Waals surface area contributed by atoms with Crippen LogP contribution >= 0.6 is 12.4 Å². The fraction of sp³-hybridized carbons (Fsp3) is 0.400. The molecule has 2 fully saturated rings. The number of hydrogen-bond donors (Lipinski definition) is 2. The Morgan fingerprint density at radius 2 is 1.74 bits per heavy atom. The highest BCUT2D eigenvalue weighted by Crippen LogP contribution is 2.52. The summed E-state index contributed by atoms with van der Waals surface area (Å²) in [4.78, 5) is 0. The van der Waals surface area contributed by atoms with E-state index in [9.17, 15) is 26.0 Å². The summed E-state index contributed by atoms with van der Waals surface area (Å²) in [5, 5.41) is 3.12. The van der Waals surface area contributed by atoms with Gasteiger partial charge in [0.1, 0.15) is 17.5 Å². The van der Waals surface area contributed by atoms with Crippen molar-refractivity contribution in [2.45, 2.75) is 37.1 Å². The van der Waals surface area contributed by atoms with Crippen LogP contribution in [0, 0.1) is 22.9 Å². The summed E-state index contributed by atoms with van der Waals surface area (Å²) >= 11 is 0. The summed E-state index contributed by atoms with van der Waals surface area (Å²) in [5.41, 5.74) is -0.241. The van der Waals surface area contributed by atoms with Gasteiger partial charge in [0.15, 0.2) is 0 Å². The average Bonchev–Trinajstić information content (AvgIpc) is 3.37. The molecule has 170 valence electrons. The molecule has 1 aliphatic carbocycles. The van der Waals surface area contributed by atoms with Crippen molar-refractivity contribution in [3.8, 4) is 11.1 Å². The summed E-state index contributed by atoms with van der Waals surface area (Å²) in [6.07, 6.45) is 1.38. The van der Waals surface area contributed by atoms with E-state index in [4.69, 9.17) is 0 Å². The third-order valence-electron chi connectivity index (χ3n) is 5.89. The fourth-order valence-corrected chi connectivity index (χ4v) is 5.04. The lowest BCUT2D eigenvalue weighted by Gasteiger charge is -2.25.